The van der Waals surface area contributed by atoms with E-state index in [1.807, 2.05) is 16.3 Å². The normalized spacial score (nSPS) is 16.6. The predicted octanol–water partition coefficient (Wildman–Crippen LogP) is 3.07. The fourth-order valence-corrected chi connectivity index (χ4v) is 3.56. The third-order valence-electron chi connectivity index (χ3n) is 3.64. The van der Waals surface area contributed by atoms with Crippen LogP contribution >= 0.6 is 11.3 Å². The van der Waals surface area contributed by atoms with Crippen molar-refractivity contribution in [3.8, 4) is 0 Å². The smallest absolute Gasteiger partial charge is 0.325 e. The molecule has 3 rings (SSSR count). The molecule has 0 saturated carbocycles. The van der Waals surface area contributed by atoms with Crippen molar-refractivity contribution in [1.82, 2.24) is 4.90 Å². The fourth-order valence-electron chi connectivity index (χ4n) is 2.67. The van der Waals surface area contributed by atoms with E-state index in [0.29, 0.717) is 13.1 Å². The number of carboxylic acid groups (broad SMARTS) is 1. The Morgan fingerprint density at radius 2 is 2.15 bits per heavy atom. The van der Waals surface area contributed by atoms with Gasteiger partial charge in [-0.3, -0.25) is 9.69 Å². The van der Waals surface area contributed by atoms with Gasteiger partial charge < -0.3 is 5.11 Å². The van der Waals surface area contributed by atoms with Gasteiger partial charge in [-0.1, -0.05) is 18.2 Å². The molecular weight excluding hydrogens is 277 g/mol. The van der Waals surface area contributed by atoms with Crippen molar-refractivity contribution in [3.63, 3.8) is 0 Å². The molecule has 0 amide bonds. The topological polar surface area (TPSA) is 40.5 Å². The van der Waals surface area contributed by atoms with Gasteiger partial charge in [0.15, 0.2) is 0 Å². The van der Waals surface area contributed by atoms with Gasteiger partial charge in [0.2, 0.25) is 0 Å². The van der Waals surface area contributed by atoms with E-state index in [9.17, 15) is 14.3 Å². The zero-order chi connectivity index (χ0) is 14.1. The minimum Gasteiger partial charge on any atom is -0.480 e. The zero-order valence-corrected chi connectivity index (χ0v) is 11.6. The van der Waals surface area contributed by atoms with Crippen molar-refractivity contribution < 1.29 is 14.3 Å². The van der Waals surface area contributed by atoms with Crippen LogP contribution in [0.3, 0.4) is 0 Å². The summed E-state index contributed by atoms with van der Waals surface area (Å²) in [5.41, 5.74) is 1.39. The first-order valence-electron chi connectivity index (χ1n) is 6.43. The van der Waals surface area contributed by atoms with Gasteiger partial charge in [-0.15, -0.1) is 11.3 Å². The second-order valence-corrected chi connectivity index (χ2v) is 5.85. The Morgan fingerprint density at radius 1 is 1.35 bits per heavy atom. The van der Waals surface area contributed by atoms with Crippen molar-refractivity contribution in [1.29, 1.82) is 0 Å². The zero-order valence-electron chi connectivity index (χ0n) is 10.8. The Morgan fingerprint density at radius 3 is 2.90 bits per heavy atom. The van der Waals surface area contributed by atoms with Crippen LogP contribution in [0.25, 0.3) is 0 Å². The maximum atomic E-state index is 13.9. The lowest BCUT2D eigenvalue weighted by molar-refractivity contribution is -0.144. The molecule has 0 saturated heterocycles. The van der Waals surface area contributed by atoms with Crippen LogP contribution in [-0.2, 0) is 17.8 Å². The van der Waals surface area contributed by atoms with Crippen LogP contribution in [-0.4, -0.2) is 22.5 Å². The molecule has 1 unspecified atom stereocenters. The predicted molar refractivity (Wildman–Crippen MR) is 75.2 cm³/mol. The number of nitrogens with zero attached hydrogens (tertiary/aromatic N) is 1. The Hall–Kier alpha value is -1.72. The van der Waals surface area contributed by atoms with E-state index in [0.717, 1.165) is 12.0 Å². The van der Waals surface area contributed by atoms with E-state index >= 15 is 0 Å². The Labute approximate surface area is 120 Å². The summed E-state index contributed by atoms with van der Waals surface area (Å²) < 4.78 is 13.9. The molecule has 20 heavy (non-hydrogen) atoms. The number of rotatable bonds is 3. The minimum atomic E-state index is -1.01. The van der Waals surface area contributed by atoms with E-state index < -0.39 is 17.8 Å². The van der Waals surface area contributed by atoms with Crippen LogP contribution in [0, 0.1) is 5.82 Å². The molecule has 2 heterocycles. The third-order valence-corrected chi connectivity index (χ3v) is 4.66. The summed E-state index contributed by atoms with van der Waals surface area (Å²) in [6.45, 7) is 1.20. The maximum Gasteiger partial charge on any atom is 0.325 e. The van der Waals surface area contributed by atoms with Crippen molar-refractivity contribution in [2.75, 3.05) is 6.54 Å². The minimum absolute atomic E-state index is 0.235. The number of halogens is 1. The van der Waals surface area contributed by atoms with Crippen molar-refractivity contribution in [3.05, 3.63) is 57.5 Å². The van der Waals surface area contributed by atoms with E-state index in [-0.39, 0.29) is 5.56 Å². The Balaban J connectivity index is 1.93. The Kier molecular flexibility index (Phi) is 3.54. The van der Waals surface area contributed by atoms with E-state index in [1.54, 1.807) is 29.5 Å². The molecule has 3 nitrogen and oxygen atoms in total. The molecule has 1 aromatic carbocycles. The number of fused-ring (bicyclic) bond motifs is 1. The molecule has 0 radical (unpaired) electrons. The quantitative estimate of drug-likeness (QED) is 0.945. The molecule has 2 aromatic rings. The third kappa shape index (κ3) is 2.34. The van der Waals surface area contributed by atoms with Gasteiger partial charge in [-0.05, 0) is 29.5 Å². The summed E-state index contributed by atoms with van der Waals surface area (Å²) in [7, 11) is 0. The van der Waals surface area contributed by atoms with Gasteiger partial charge in [0.05, 0.1) is 0 Å². The van der Waals surface area contributed by atoms with Gasteiger partial charge in [0, 0.05) is 23.5 Å². The van der Waals surface area contributed by atoms with Crippen LogP contribution in [0.4, 0.5) is 4.39 Å². The van der Waals surface area contributed by atoms with E-state index in [2.05, 4.69) is 0 Å². The first-order chi connectivity index (χ1) is 9.66. The van der Waals surface area contributed by atoms with Crippen LogP contribution in [0.2, 0.25) is 0 Å². The van der Waals surface area contributed by atoms with Crippen LogP contribution in [0.5, 0.6) is 0 Å². The number of hydrogen-bond acceptors (Lipinski definition) is 3. The molecule has 1 atom stereocenters. The number of hydrogen-bond donors (Lipinski definition) is 1. The fraction of sp³-hybridized carbons (Fsp3) is 0.267. The molecule has 1 aromatic heterocycles. The van der Waals surface area contributed by atoms with Gasteiger partial charge in [-0.25, -0.2) is 4.39 Å². The molecule has 1 aliphatic heterocycles. The highest BCUT2D eigenvalue weighted by molar-refractivity contribution is 7.10. The molecule has 0 fully saturated rings. The van der Waals surface area contributed by atoms with E-state index in [1.165, 1.54) is 10.9 Å². The molecule has 104 valence electrons. The summed E-state index contributed by atoms with van der Waals surface area (Å²) in [5, 5.41) is 11.5. The van der Waals surface area contributed by atoms with Crippen molar-refractivity contribution in [2.45, 2.75) is 19.0 Å². The molecule has 1 aliphatic rings. The summed E-state index contributed by atoms with van der Waals surface area (Å²) >= 11 is 1.70. The number of carbonyl (C=O) groups is 1. The van der Waals surface area contributed by atoms with Gasteiger partial charge >= 0.3 is 5.97 Å². The highest BCUT2D eigenvalue weighted by atomic mass is 32.1. The average Bonchev–Trinajstić information content (AvgIpc) is 2.88. The van der Waals surface area contributed by atoms with Crippen LogP contribution in [0.15, 0.2) is 35.7 Å². The number of benzene rings is 1. The Bertz CT molecular complexity index is 640. The first-order valence-corrected chi connectivity index (χ1v) is 7.31. The number of aliphatic carboxylic acids is 1. The second kappa shape index (κ2) is 5.34. The van der Waals surface area contributed by atoms with E-state index in [4.69, 9.17) is 0 Å². The molecule has 5 heteroatoms. The van der Waals surface area contributed by atoms with Crippen molar-refractivity contribution in [2.24, 2.45) is 0 Å². The highest BCUT2D eigenvalue weighted by Gasteiger charge is 2.32. The van der Waals surface area contributed by atoms with Crippen LogP contribution < -0.4 is 0 Å². The molecular formula is C15H14FNO2S. The lowest BCUT2D eigenvalue weighted by Gasteiger charge is -2.32. The van der Waals surface area contributed by atoms with Gasteiger partial charge in [-0.2, -0.15) is 0 Å². The summed E-state index contributed by atoms with van der Waals surface area (Å²) in [6.07, 6.45) is 0.825. The van der Waals surface area contributed by atoms with Gasteiger partial charge in [0.25, 0.3) is 0 Å². The standard InChI is InChI=1S/C15H14FNO2S/c16-12-4-2-1-3-11(12)14(15(18)19)17-7-5-13-10(9-17)6-8-20-13/h1-4,6,8,14H,5,7,9H2,(H,18,19). The molecule has 0 bridgehead atoms. The lowest BCUT2D eigenvalue weighted by atomic mass is 10.0. The molecule has 0 spiro atoms. The first kappa shape index (κ1) is 13.3. The van der Waals surface area contributed by atoms with Crippen molar-refractivity contribution >= 4 is 17.3 Å². The lowest BCUT2D eigenvalue weighted by Crippen LogP contribution is -2.38. The molecule has 0 aliphatic carbocycles. The summed E-state index contributed by atoms with van der Waals surface area (Å²) in [6, 6.07) is 7.21. The average molecular weight is 291 g/mol. The monoisotopic (exact) mass is 291 g/mol. The summed E-state index contributed by atoms with van der Waals surface area (Å²) in [5.74, 6) is -1.47. The molecule has 1 N–H and O–H groups in total. The maximum absolute atomic E-state index is 13.9. The number of carboxylic acids is 1. The summed E-state index contributed by atoms with van der Waals surface area (Å²) in [4.78, 5) is 14.7. The second-order valence-electron chi connectivity index (χ2n) is 4.85. The van der Waals surface area contributed by atoms with Crippen LogP contribution in [0.1, 0.15) is 22.0 Å². The largest absolute Gasteiger partial charge is 0.480 e. The number of thiophene rings is 1. The SMILES string of the molecule is O=C(O)C(c1ccccc1F)N1CCc2sccc2C1. The van der Waals surface area contributed by atoms with Gasteiger partial charge in [0.1, 0.15) is 11.9 Å². The highest BCUT2D eigenvalue weighted by Crippen LogP contribution is 2.31.